The number of hydrogen-bond donors (Lipinski definition) is 2. The predicted molar refractivity (Wildman–Crippen MR) is 90.8 cm³/mol. The van der Waals surface area contributed by atoms with Crippen LogP contribution in [-0.2, 0) is 0 Å². The zero-order valence-corrected chi connectivity index (χ0v) is 13.9. The maximum absolute atomic E-state index is 12.3. The third-order valence-corrected chi connectivity index (χ3v) is 3.19. The normalized spacial score (nSPS) is 13.3. The smallest absolute Gasteiger partial charge is 0.275 e. The molecule has 2 aromatic rings. The Labute approximate surface area is 140 Å². The third kappa shape index (κ3) is 3.92. The van der Waals surface area contributed by atoms with Crippen LogP contribution in [-0.4, -0.2) is 34.6 Å². The molecule has 1 aromatic heterocycles. The minimum atomic E-state index is -0.332. The number of nitrogens with one attached hydrogen (secondary N) is 2. The number of carbonyl (C=O) groups excluding carboxylic acids is 1. The first kappa shape index (κ1) is 16.0. The zero-order valence-electron chi connectivity index (χ0n) is 13.9. The highest BCUT2D eigenvalue weighted by molar-refractivity contribution is 6.02. The van der Waals surface area contributed by atoms with Crippen LogP contribution in [0.2, 0.25) is 0 Å². The Balaban J connectivity index is 1.68. The summed E-state index contributed by atoms with van der Waals surface area (Å²) in [5.74, 6) is 1.59. The first-order valence-corrected chi connectivity index (χ1v) is 7.72. The van der Waals surface area contributed by atoms with Crippen molar-refractivity contribution in [3.63, 3.8) is 0 Å². The van der Waals surface area contributed by atoms with Crippen molar-refractivity contribution in [2.24, 2.45) is 0 Å². The lowest BCUT2D eigenvalue weighted by molar-refractivity contribution is 0.102. The van der Waals surface area contributed by atoms with Crippen LogP contribution in [0.4, 0.5) is 11.5 Å². The Kier molecular flexibility index (Phi) is 4.24. The van der Waals surface area contributed by atoms with Gasteiger partial charge in [0.2, 0.25) is 0 Å². The maximum Gasteiger partial charge on any atom is 0.275 e. The largest absolute Gasteiger partial charge is 0.486 e. The van der Waals surface area contributed by atoms with E-state index < -0.39 is 0 Å². The lowest BCUT2D eigenvalue weighted by Crippen LogP contribution is -2.27. The van der Waals surface area contributed by atoms with Crippen molar-refractivity contribution in [3.8, 4) is 11.5 Å². The van der Waals surface area contributed by atoms with Gasteiger partial charge in [0.1, 0.15) is 24.7 Å². The summed E-state index contributed by atoms with van der Waals surface area (Å²) in [5, 5.41) is 5.97. The molecular formula is C17H20N4O3. The minimum Gasteiger partial charge on any atom is -0.486 e. The van der Waals surface area contributed by atoms with E-state index in [2.05, 4.69) is 20.6 Å². The highest BCUT2D eigenvalue weighted by Gasteiger charge is 2.15. The fraction of sp³-hybridized carbons (Fsp3) is 0.353. The molecule has 0 atom stereocenters. The number of fused-ring (bicyclic) bond motifs is 1. The molecule has 1 aromatic carbocycles. The summed E-state index contributed by atoms with van der Waals surface area (Å²) in [6, 6.07) is 5.26. The summed E-state index contributed by atoms with van der Waals surface area (Å²) in [7, 11) is 0. The summed E-state index contributed by atoms with van der Waals surface area (Å²) >= 11 is 0. The molecule has 1 aliphatic rings. The van der Waals surface area contributed by atoms with Crippen LogP contribution in [0.15, 0.2) is 30.6 Å². The molecule has 1 aliphatic heterocycles. The van der Waals surface area contributed by atoms with Gasteiger partial charge in [0.25, 0.3) is 5.91 Å². The number of rotatable bonds is 3. The van der Waals surface area contributed by atoms with Crippen LogP contribution in [0.25, 0.3) is 0 Å². The van der Waals surface area contributed by atoms with E-state index in [0.29, 0.717) is 36.2 Å². The second kappa shape index (κ2) is 6.35. The van der Waals surface area contributed by atoms with Crippen molar-refractivity contribution < 1.29 is 14.3 Å². The number of amides is 1. The quantitative estimate of drug-likeness (QED) is 0.901. The van der Waals surface area contributed by atoms with E-state index in [1.54, 1.807) is 24.4 Å². The van der Waals surface area contributed by atoms with Crippen LogP contribution in [0, 0.1) is 0 Å². The van der Waals surface area contributed by atoms with Crippen LogP contribution in [0.5, 0.6) is 11.5 Å². The molecule has 0 saturated heterocycles. The molecule has 0 spiro atoms. The molecule has 24 heavy (non-hydrogen) atoms. The van der Waals surface area contributed by atoms with Gasteiger partial charge in [0, 0.05) is 17.3 Å². The van der Waals surface area contributed by atoms with Gasteiger partial charge in [-0.1, -0.05) is 0 Å². The fourth-order valence-electron chi connectivity index (χ4n) is 2.21. The van der Waals surface area contributed by atoms with E-state index in [0.717, 1.165) is 0 Å². The van der Waals surface area contributed by atoms with Crippen molar-refractivity contribution in [1.82, 2.24) is 9.97 Å². The Hall–Kier alpha value is -2.83. The van der Waals surface area contributed by atoms with Gasteiger partial charge in [0.15, 0.2) is 11.5 Å². The molecule has 2 N–H and O–H groups in total. The Morgan fingerprint density at radius 1 is 1.08 bits per heavy atom. The molecule has 3 rings (SSSR count). The van der Waals surface area contributed by atoms with Gasteiger partial charge in [-0.2, -0.15) is 0 Å². The maximum atomic E-state index is 12.3. The molecular weight excluding hydrogens is 308 g/mol. The Bertz CT molecular complexity index is 738. The number of hydrogen-bond acceptors (Lipinski definition) is 6. The molecule has 126 valence electrons. The molecule has 0 radical (unpaired) electrons. The number of anilines is 2. The zero-order chi connectivity index (χ0) is 17.2. The van der Waals surface area contributed by atoms with Gasteiger partial charge < -0.3 is 20.1 Å². The Morgan fingerprint density at radius 2 is 1.83 bits per heavy atom. The van der Waals surface area contributed by atoms with Gasteiger partial charge in [-0.05, 0) is 32.9 Å². The average molecular weight is 328 g/mol. The topological polar surface area (TPSA) is 85.4 Å². The number of nitrogens with zero attached hydrogens (tertiary/aromatic N) is 2. The summed E-state index contributed by atoms with van der Waals surface area (Å²) < 4.78 is 11.0. The molecule has 0 fully saturated rings. The first-order chi connectivity index (χ1) is 11.4. The number of carbonyl (C=O) groups is 1. The van der Waals surface area contributed by atoms with Crippen molar-refractivity contribution in [2.45, 2.75) is 26.3 Å². The van der Waals surface area contributed by atoms with E-state index in [4.69, 9.17) is 9.47 Å². The van der Waals surface area contributed by atoms with E-state index in [1.165, 1.54) is 6.20 Å². The molecule has 7 heteroatoms. The Morgan fingerprint density at radius 3 is 2.50 bits per heavy atom. The highest BCUT2D eigenvalue weighted by Crippen LogP contribution is 2.32. The van der Waals surface area contributed by atoms with Gasteiger partial charge in [-0.3, -0.25) is 4.79 Å². The van der Waals surface area contributed by atoms with Crippen molar-refractivity contribution in [2.75, 3.05) is 23.8 Å². The van der Waals surface area contributed by atoms with Gasteiger partial charge >= 0.3 is 0 Å². The highest BCUT2D eigenvalue weighted by atomic mass is 16.6. The second-order valence-electron chi connectivity index (χ2n) is 6.47. The minimum absolute atomic E-state index is 0.121. The number of ether oxygens (including phenoxy) is 2. The lowest BCUT2D eigenvalue weighted by Gasteiger charge is -2.20. The summed E-state index contributed by atoms with van der Waals surface area (Å²) in [6.07, 6.45) is 2.99. The first-order valence-electron chi connectivity index (χ1n) is 7.72. The third-order valence-electron chi connectivity index (χ3n) is 3.19. The van der Waals surface area contributed by atoms with Crippen molar-refractivity contribution >= 4 is 17.4 Å². The molecule has 7 nitrogen and oxygen atoms in total. The standard InChI is InChI=1S/C17H20N4O3/c1-17(2,3)21-15-10-18-12(9-19-15)16(22)20-11-4-5-13-14(8-11)24-7-6-23-13/h4-5,8-10H,6-7H2,1-3H3,(H,19,21)(H,20,22). The van der Waals surface area contributed by atoms with Crippen LogP contribution < -0.4 is 20.1 Å². The lowest BCUT2D eigenvalue weighted by atomic mass is 10.1. The van der Waals surface area contributed by atoms with E-state index in [9.17, 15) is 4.79 Å². The summed E-state index contributed by atoms with van der Waals surface area (Å²) in [6.45, 7) is 7.10. The molecule has 0 saturated carbocycles. The summed E-state index contributed by atoms with van der Waals surface area (Å²) in [5.41, 5.74) is 0.733. The molecule has 2 heterocycles. The molecule has 0 bridgehead atoms. The fourth-order valence-corrected chi connectivity index (χ4v) is 2.21. The van der Waals surface area contributed by atoms with Crippen molar-refractivity contribution in [3.05, 3.63) is 36.3 Å². The van der Waals surface area contributed by atoms with E-state index in [1.807, 2.05) is 20.8 Å². The SMILES string of the molecule is CC(C)(C)Nc1cnc(C(=O)Nc2ccc3c(c2)OCCO3)cn1. The van der Waals surface area contributed by atoms with Gasteiger partial charge in [-0.15, -0.1) is 0 Å². The van der Waals surface area contributed by atoms with E-state index >= 15 is 0 Å². The van der Waals surface area contributed by atoms with Crippen LogP contribution >= 0.6 is 0 Å². The molecule has 0 aliphatic carbocycles. The van der Waals surface area contributed by atoms with Crippen LogP contribution in [0.3, 0.4) is 0 Å². The van der Waals surface area contributed by atoms with Gasteiger partial charge in [0.05, 0.1) is 12.4 Å². The molecule has 1 amide bonds. The molecule has 0 unspecified atom stereocenters. The summed E-state index contributed by atoms with van der Waals surface area (Å²) in [4.78, 5) is 20.6. The number of aromatic nitrogens is 2. The second-order valence-corrected chi connectivity index (χ2v) is 6.47. The van der Waals surface area contributed by atoms with Gasteiger partial charge in [-0.25, -0.2) is 9.97 Å². The van der Waals surface area contributed by atoms with Crippen molar-refractivity contribution in [1.29, 1.82) is 0 Å². The number of benzene rings is 1. The van der Waals surface area contributed by atoms with E-state index in [-0.39, 0.29) is 17.1 Å². The monoisotopic (exact) mass is 328 g/mol. The van der Waals surface area contributed by atoms with Crippen LogP contribution in [0.1, 0.15) is 31.3 Å². The average Bonchev–Trinajstić information content (AvgIpc) is 2.54. The predicted octanol–water partition coefficient (Wildman–Crippen LogP) is 2.71.